The number of ether oxygens (including phenoxy) is 2. The number of carbonyl (C=O) groups is 4. The van der Waals surface area contributed by atoms with E-state index in [0.29, 0.717) is 6.42 Å². The van der Waals surface area contributed by atoms with E-state index in [1.54, 1.807) is 45.9 Å². The minimum atomic E-state index is -1.18. The number of hydrogen-bond acceptors (Lipinski definition) is 7. The summed E-state index contributed by atoms with van der Waals surface area (Å²) in [6, 6.07) is 4.13. The highest BCUT2D eigenvalue weighted by Crippen LogP contribution is 2.30. The lowest BCUT2D eigenvalue weighted by molar-refractivity contribution is -0.144. The second-order valence-electron chi connectivity index (χ2n) is 10.1. The first-order chi connectivity index (χ1) is 17.9. The van der Waals surface area contributed by atoms with Crippen molar-refractivity contribution in [2.24, 2.45) is 0 Å². The third kappa shape index (κ3) is 11.8. The van der Waals surface area contributed by atoms with Gasteiger partial charge in [0.2, 0.25) is 11.8 Å². The van der Waals surface area contributed by atoms with Gasteiger partial charge in [-0.05, 0) is 47.1 Å². The van der Waals surface area contributed by atoms with Crippen molar-refractivity contribution in [1.82, 2.24) is 15.5 Å². The van der Waals surface area contributed by atoms with Crippen LogP contribution in [0.4, 0.5) is 4.79 Å². The number of unbranched alkanes of at least 4 members (excludes halogenated alkanes) is 4. The molecule has 214 valence electrons. The van der Waals surface area contributed by atoms with Crippen LogP contribution in [0, 0.1) is 0 Å². The van der Waals surface area contributed by atoms with Crippen LogP contribution in [-0.2, 0) is 23.9 Å². The molecule has 38 heavy (non-hydrogen) atoms. The summed E-state index contributed by atoms with van der Waals surface area (Å²) in [6.07, 6.45) is 3.80. The summed E-state index contributed by atoms with van der Waals surface area (Å²) in [6.45, 7) is 11.0. The smallest absolute Gasteiger partial charge is 0.408 e. The molecule has 0 aliphatic carbocycles. The lowest BCUT2D eigenvalue weighted by atomic mass is 10.0. The van der Waals surface area contributed by atoms with Gasteiger partial charge >= 0.3 is 12.1 Å². The number of alkyl carbamates (subject to hydrolysis) is 1. The maximum Gasteiger partial charge on any atom is 0.408 e. The van der Waals surface area contributed by atoms with Gasteiger partial charge in [-0.1, -0.05) is 50.8 Å². The summed E-state index contributed by atoms with van der Waals surface area (Å²) in [7, 11) is 0. The first kappa shape index (κ1) is 32.7. The van der Waals surface area contributed by atoms with Crippen molar-refractivity contribution in [3.05, 3.63) is 29.8 Å². The Bertz CT molecular complexity index is 914. The number of nitrogens with one attached hydrogen (secondary N) is 2. The minimum Gasteiger partial charge on any atom is -0.508 e. The molecule has 0 heterocycles. The zero-order valence-corrected chi connectivity index (χ0v) is 23.7. The average molecular weight is 536 g/mol. The molecular weight excluding hydrogens is 490 g/mol. The molecule has 0 saturated heterocycles. The van der Waals surface area contributed by atoms with Gasteiger partial charge in [0, 0.05) is 18.7 Å². The Morgan fingerprint density at radius 1 is 1.03 bits per heavy atom. The van der Waals surface area contributed by atoms with E-state index in [4.69, 9.17) is 9.47 Å². The van der Waals surface area contributed by atoms with E-state index in [-0.39, 0.29) is 37.4 Å². The fraction of sp³-hybridized carbons (Fsp3) is 0.643. The topological polar surface area (TPSA) is 134 Å². The number of para-hydroxylation sites is 1. The third-order valence-electron chi connectivity index (χ3n) is 5.61. The first-order valence-corrected chi connectivity index (χ1v) is 13.4. The zero-order chi connectivity index (χ0) is 28.7. The highest BCUT2D eigenvalue weighted by atomic mass is 16.6. The van der Waals surface area contributed by atoms with Crippen molar-refractivity contribution in [3.63, 3.8) is 0 Å². The fourth-order valence-corrected chi connectivity index (χ4v) is 3.83. The van der Waals surface area contributed by atoms with Crippen LogP contribution in [0.3, 0.4) is 0 Å². The lowest BCUT2D eigenvalue weighted by Crippen LogP contribution is -2.52. The van der Waals surface area contributed by atoms with Crippen LogP contribution in [-0.4, -0.2) is 65.2 Å². The summed E-state index contributed by atoms with van der Waals surface area (Å²) in [5, 5.41) is 15.9. The number of hydrogen-bond donors (Lipinski definition) is 3. The number of aromatic hydroxyl groups is 1. The van der Waals surface area contributed by atoms with Crippen molar-refractivity contribution in [3.8, 4) is 5.75 Å². The van der Waals surface area contributed by atoms with Crippen molar-refractivity contribution in [2.45, 2.75) is 97.8 Å². The molecule has 0 aromatic heterocycles. The first-order valence-electron chi connectivity index (χ1n) is 13.4. The van der Waals surface area contributed by atoms with Crippen LogP contribution < -0.4 is 10.6 Å². The molecule has 0 bridgehead atoms. The molecule has 1 rings (SSSR count). The summed E-state index contributed by atoms with van der Waals surface area (Å²) in [5.74, 6) is -1.65. The van der Waals surface area contributed by atoms with Gasteiger partial charge in [0.15, 0.2) is 0 Å². The van der Waals surface area contributed by atoms with Gasteiger partial charge in [-0.2, -0.15) is 0 Å². The maximum absolute atomic E-state index is 13.7. The standard InChI is InChI=1S/C28H45N3O7/c1-7-9-10-11-14-19-31(26(35)20(3)30-27(36)38-28(4,5)6)24(21-15-12-13-16-22(21)32)25(34)29-18-17-23(33)37-8-2/h12-13,15-16,20,24,32H,7-11,14,17-19H2,1-6H3,(H,29,34)(H,30,36). The Labute approximate surface area is 226 Å². The molecule has 1 aromatic rings. The Hall–Kier alpha value is -3.30. The van der Waals surface area contributed by atoms with Crippen LogP contribution in [0.15, 0.2) is 24.3 Å². The van der Waals surface area contributed by atoms with Gasteiger partial charge in [0.25, 0.3) is 0 Å². The summed E-state index contributed by atoms with van der Waals surface area (Å²) in [5.41, 5.74) is -0.504. The molecule has 3 N–H and O–H groups in total. The van der Waals surface area contributed by atoms with E-state index < -0.39 is 41.6 Å². The monoisotopic (exact) mass is 535 g/mol. The molecule has 0 aliphatic rings. The van der Waals surface area contributed by atoms with Gasteiger partial charge in [-0.3, -0.25) is 14.4 Å². The van der Waals surface area contributed by atoms with Crippen LogP contribution in [0.2, 0.25) is 0 Å². The van der Waals surface area contributed by atoms with E-state index in [1.807, 2.05) is 0 Å². The third-order valence-corrected chi connectivity index (χ3v) is 5.61. The molecule has 1 aromatic carbocycles. The van der Waals surface area contributed by atoms with Gasteiger partial charge < -0.3 is 30.1 Å². The Kier molecular flexibility index (Phi) is 14.2. The molecule has 10 heteroatoms. The van der Waals surface area contributed by atoms with Crippen molar-refractivity contribution in [2.75, 3.05) is 19.7 Å². The molecule has 10 nitrogen and oxygen atoms in total. The molecule has 2 atom stereocenters. The Morgan fingerprint density at radius 2 is 1.68 bits per heavy atom. The number of nitrogens with zero attached hydrogens (tertiary/aromatic N) is 1. The normalized spacial score (nSPS) is 12.7. The summed E-state index contributed by atoms with van der Waals surface area (Å²) in [4.78, 5) is 52.6. The quantitative estimate of drug-likeness (QED) is 0.226. The van der Waals surface area contributed by atoms with E-state index in [2.05, 4.69) is 17.6 Å². The van der Waals surface area contributed by atoms with Gasteiger partial charge in [-0.15, -0.1) is 0 Å². The van der Waals surface area contributed by atoms with E-state index in [9.17, 15) is 24.3 Å². The summed E-state index contributed by atoms with van der Waals surface area (Å²) >= 11 is 0. The molecule has 0 aliphatic heterocycles. The van der Waals surface area contributed by atoms with Crippen LogP contribution in [0.5, 0.6) is 5.75 Å². The predicted molar refractivity (Wildman–Crippen MR) is 144 cm³/mol. The Balaban J connectivity index is 3.25. The molecule has 0 radical (unpaired) electrons. The zero-order valence-electron chi connectivity index (χ0n) is 23.7. The number of carbonyl (C=O) groups excluding carboxylic acids is 4. The van der Waals surface area contributed by atoms with Gasteiger partial charge in [0.1, 0.15) is 23.4 Å². The number of phenolic OH excluding ortho intramolecular Hbond substituents is 1. The average Bonchev–Trinajstić information content (AvgIpc) is 2.82. The highest BCUT2D eigenvalue weighted by Gasteiger charge is 2.35. The molecule has 2 unspecified atom stereocenters. The van der Waals surface area contributed by atoms with Gasteiger partial charge in [-0.25, -0.2) is 4.79 Å². The predicted octanol–water partition coefficient (Wildman–Crippen LogP) is 4.21. The molecule has 3 amide bonds. The van der Waals surface area contributed by atoms with Crippen LogP contribution >= 0.6 is 0 Å². The minimum absolute atomic E-state index is 0.00596. The van der Waals surface area contributed by atoms with Crippen molar-refractivity contribution < 1.29 is 33.8 Å². The van der Waals surface area contributed by atoms with E-state index >= 15 is 0 Å². The van der Waals surface area contributed by atoms with Gasteiger partial charge in [0.05, 0.1) is 13.0 Å². The lowest BCUT2D eigenvalue weighted by Gasteiger charge is -2.34. The number of phenols is 1. The van der Waals surface area contributed by atoms with E-state index in [1.165, 1.54) is 17.9 Å². The molecule has 0 spiro atoms. The SMILES string of the molecule is CCCCCCCN(C(=O)C(C)NC(=O)OC(C)(C)C)C(C(=O)NCCC(=O)OCC)c1ccccc1O. The van der Waals surface area contributed by atoms with E-state index in [0.717, 1.165) is 25.7 Å². The maximum atomic E-state index is 13.7. The number of benzene rings is 1. The second kappa shape index (κ2) is 16.5. The number of amides is 3. The molecule has 0 saturated carbocycles. The van der Waals surface area contributed by atoms with Crippen LogP contribution in [0.1, 0.15) is 91.7 Å². The fourth-order valence-electron chi connectivity index (χ4n) is 3.83. The molecular formula is C28H45N3O7. The number of rotatable bonds is 15. The Morgan fingerprint density at radius 3 is 2.29 bits per heavy atom. The number of esters is 1. The largest absolute Gasteiger partial charge is 0.508 e. The summed E-state index contributed by atoms with van der Waals surface area (Å²) < 4.78 is 10.2. The van der Waals surface area contributed by atoms with Crippen molar-refractivity contribution >= 4 is 23.9 Å². The highest BCUT2D eigenvalue weighted by molar-refractivity contribution is 5.92. The van der Waals surface area contributed by atoms with Crippen LogP contribution in [0.25, 0.3) is 0 Å². The second-order valence-corrected chi connectivity index (χ2v) is 10.1. The van der Waals surface area contributed by atoms with Crippen molar-refractivity contribution in [1.29, 1.82) is 0 Å². The molecule has 0 fully saturated rings.